The fourth-order valence-corrected chi connectivity index (χ4v) is 3.30. The predicted octanol–water partition coefficient (Wildman–Crippen LogP) is 3.40. The topological polar surface area (TPSA) is 74.2 Å². The summed E-state index contributed by atoms with van der Waals surface area (Å²) < 4.78 is 11.2. The molecule has 1 aromatic heterocycles. The van der Waals surface area contributed by atoms with E-state index in [1.54, 1.807) is 0 Å². The SMILES string of the molecule is CCCC(OCC)c1noc(CC2(CN)CCCCC2)n1. The maximum atomic E-state index is 6.03. The number of rotatable bonds is 8. The summed E-state index contributed by atoms with van der Waals surface area (Å²) in [4.78, 5) is 4.58. The minimum absolute atomic E-state index is 0.0438. The van der Waals surface area contributed by atoms with E-state index in [0.717, 1.165) is 25.2 Å². The van der Waals surface area contributed by atoms with Crippen molar-refractivity contribution in [3.05, 3.63) is 11.7 Å². The van der Waals surface area contributed by atoms with Gasteiger partial charge in [-0.05, 0) is 38.1 Å². The maximum absolute atomic E-state index is 6.03. The first-order valence-electron chi connectivity index (χ1n) is 8.37. The van der Waals surface area contributed by atoms with E-state index in [2.05, 4.69) is 17.1 Å². The second kappa shape index (κ2) is 7.90. The number of nitrogens with zero attached hydrogens (tertiary/aromatic N) is 2. The fraction of sp³-hybridized carbons (Fsp3) is 0.875. The van der Waals surface area contributed by atoms with Gasteiger partial charge >= 0.3 is 0 Å². The molecule has 5 nitrogen and oxygen atoms in total. The first-order chi connectivity index (χ1) is 10.2. The average Bonchev–Trinajstić information content (AvgIpc) is 2.96. The third-order valence-corrected chi connectivity index (χ3v) is 4.56. The highest BCUT2D eigenvalue weighted by atomic mass is 16.5. The first kappa shape index (κ1) is 16.4. The minimum atomic E-state index is -0.0438. The van der Waals surface area contributed by atoms with Crippen molar-refractivity contribution in [1.82, 2.24) is 10.1 Å². The van der Waals surface area contributed by atoms with E-state index in [-0.39, 0.29) is 11.5 Å². The third kappa shape index (κ3) is 4.27. The maximum Gasteiger partial charge on any atom is 0.227 e. The van der Waals surface area contributed by atoms with Gasteiger partial charge in [-0.15, -0.1) is 0 Å². The Bertz CT molecular complexity index is 407. The van der Waals surface area contributed by atoms with Crippen LogP contribution < -0.4 is 5.73 Å². The lowest BCUT2D eigenvalue weighted by Gasteiger charge is -2.34. The highest BCUT2D eigenvalue weighted by Gasteiger charge is 2.33. The van der Waals surface area contributed by atoms with Crippen molar-refractivity contribution in [3.8, 4) is 0 Å². The Morgan fingerprint density at radius 3 is 2.67 bits per heavy atom. The van der Waals surface area contributed by atoms with Crippen LogP contribution in [0.4, 0.5) is 0 Å². The van der Waals surface area contributed by atoms with Crippen molar-refractivity contribution in [3.63, 3.8) is 0 Å². The summed E-state index contributed by atoms with van der Waals surface area (Å²) in [5.41, 5.74) is 6.19. The molecule has 0 radical (unpaired) electrons. The highest BCUT2D eigenvalue weighted by Crippen LogP contribution is 2.38. The largest absolute Gasteiger partial charge is 0.370 e. The molecule has 0 bridgehead atoms. The van der Waals surface area contributed by atoms with Crippen LogP contribution in [0.1, 0.15) is 76.6 Å². The summed E-state index contributed by atoms with van der Waals surface area (Å²) >= 11 is 0. The minimum Gasteiger partial charge on any atom is -0.370 e. The van der Waals surface area contributed by atoms with Crippen LogP contribution in [0.25, 0.3) is 0 Å². The quantitative estimate of drug-likeness (QED) is 0.795. The zero-order chi connectivity index (χ0) is 15.1. The molecule has 1 aliphatic carbocycles. The summed E-state index contributed by atoms with van der Waals surface area (Å²) in [5.74, 6) is 1.41. The van der Waals surface area contributed by atoms with E-state index in [4.69, 9.17) is 15.0 Å². The van der Waals surface area contributed by atoms with Crippen LogP contribution in [0.5, 0.6) is 0 Å². The van der Waals surface area contributed by atoms with Crippen LogP contribution >= 0.6 is 0 Å². The number of ether oxygens (including phenoxy) is 1. The predicted molar refractivity (Wildman–Crippen MR) is 81.8 cm³/mol. The smallest absolute Gasteiger partial charge is 0.227 e. The first-order valence-corrected chi connectivity index (χ1v) is 8.37. The van der Waals surface area contributed by atoms with Crippen molar-refractivity contribution in [2.45, 2.75) is 71.3 Å². The number of aromatic nitrogens is 2. The summed E-state index contributed by atoms with van der Waals surface area (Å²) in [5, 5.41) is 4.13. The molecule has 1 aliphatic rings. The lowest BCUT2D eigenvalue weighted by atomic mass is 9.72. The van der Waals surface area contributed by atoms with Crippen molar-refractivity contribution in [2.75, 3.05) is 13.2 Å². The Hall–Kier alpha value is -0.940. The zero-order valence-electron chi connectivity index (χ0n) is 13.4. The van der Waals surface area contributed by atoms with Crippen LogP contribution in [-0.2, 0) is 11.2 Å². The van der Waals surface area contributed by atoms with Crippen LogP contribution in [0.2, 0.25) is 0 Å². The van der Waals surface area contributed by atoms with E-state index < -0.39 is 0 Å². The summed E-state index contributed by atoms with van der Waals surface area (Å²) in [7, 11) is 0. The Balaban J connectivity index is 2.04. The molecular weight excluding hydrogens is 266 g/mol. The molecule has 21 heavy (non-hydrogen) atoms. The average molecular weight is 295 g/mol. The summed E-state index contributed by atoms with van der Waals surface area (Å²) in [6.07, 6.45) is 8.91. The molecule has 1 unspecified atom stereocenters. The van der Waals surface area contributed by atoms with Gasteiger partial charge in [-0.1, -0.05) is 37.8 Å². The van der Waals surface area contributed by atoms with Gasteiger partial charge in [-0.3, -0.25) is 0 Å². The molecule has 120 valence electrons. The van der Waals surface area contributed by atoms with Crippen molar-refractivity contribution in [1.29, 1.82) is 0 Å². The van der Waals surface area contributed by atoms with Gasteiger partial charge in [0.25, 0.3) is 0 Å². The fourth-order valence-electron chi connectivity index (χ4n) is 3.30. The van der Waals surface area contributed by atoms with Gasteiger partial charge < -0.3 is 15.0 Å². The van der Waals surface area contributed by atoms with Crippen LogP contribution in [0.3, 0.4) is 0 Å². The molecule has 2 rings (SSSR count). The molecule has 1 heterocycles. The van der Waals surface area contributed by atoms with Crippen LogP contribution in [0.15, 0.2) is 4.52 Å². The van der Waals surface area contributed by atoms with Crippen LogP contribution in [-0.4, -0.2) is 23.3 Å². The summed E-state index contributed by atoms with van der Waals surface area (Å²) in [6, 6.07) is 0. The van der Waals surface area contributed by atoms with Crippen molar-refractivity contribution >= 4 is 0 Å². The molecule has 1 aromatic rings. The van der Waals surface area contributed by atoms with Gasteiger partial charge in [0.15, 0.2) is 0 Å². The van der Waals surface area contributed by atoms with E-state index in [9.17, 15) is 0 Å². The second-order valence-corrected chi connectivity index (χ2v) is 6.22. The molecule has 1 atom stereocenters. The molecule has 5 heteroatoms. The lowest BCUT2D eigenvalue weighted by molar-refractivity contribution is 0.0477. The number of hydrogen-bond donors (Lipinski definition) is 1. The van der Waals surface area contributed by atoms with E-state index >= 15 is 0 Å². The van der Waals surface area contributed by atoms with Gasteiger partial charge in [-0.2, -0.15) is 4.98 Å². The van der Waals surface area contributed by atoms with Gasteiger partial charge in [0.05, 0.1) is 0 Å². The molecule has 0 amide bonds. The van der Waals surface area contributed by atoms with E-state index in [0.29, 0.717) is 19.0 Å². The third-order valence-electron chi connectivity index (χ3n) is 4.56. The molecular formula is C16H29N3O2. The van der Waals surface area contributed by atoms with E-state index in [1.165, 1.54) is 32.1 Å². The highest BCUT2D eigenvalue weighted by molar-refractivity contribution is 4.97. The molecule has 2 N–H and O–H groups in total. The number of hydrogen-bond acceptors (Lipinski definition) is 5. The lowest BCUT2D eigenvalue weighted by Crippen LogP contribution is -2.35. The monoisotopic (exact) mass is 295 g/mol. The molecule has 0 saturated heterocycles. The molecule has 0 aliphatic heterocycles. The Labute approximate surface area is 127 Å². The van der Waals surface area contributed by atoms with Gasteiger partial charge in [-0.25, -0.2) is 0 Å². The Morgan fingerprint density at radius 2 is 2.05 bits per heavy atom. The van der Waals surface area contributed by atoms with Gasteiger partial charge in [0.2, 0.25) is 11.7 Å². The Kier molecular flexibility index (Phi) is 6.18. The van der Waals surface area contributed by atoms with Crippen molar-refractivity contribution in [2.24, 2.45) is 11.1 Å². The molecule has 0 aromatic carbocycles. The standard InChI is InChI=1S/C16H29N3O2/c1-3-8-13(20-4-2)15-18-14(21-19-15)11-16(12-17)9-6-5-7-10-16/h13H,3-12,17H2,1-2H3. The summed E-state index contributed by atoms with van der Waals surface area (Å²) in [6.45, 7) is 5.50. The normalized spacial score (nSPS) is 19.6. The van der Waals surface area contributed by atoms with Crippen molar-refractivity contribution < 1.29 is 9.26 Å². The van der Waals surface area contributed by atoms with Gasteiger partial charge in [0, 0.05) is 13.0 Å². The second-order valence-electron chi connectivity index (χ2n) is 6.22. The van der Waals surface area contributed by atoms with Gasteiger partial charge in [0.1, 0.15) is 6.10 Å². The molecule has 1 fully saturated rings. The van der Waals surface area contributed by atoms with E-state index in [1.807, 2.05) is 6.92 Å². The number of nitrogens with two attached hydrogens (primary N) is 1. The zero-order valence-corrected chi connectivity index (χ0v) is 13.4. The molecule has 0 spiro atoms. The molecule has 1 saturated carbocycles. The van der Waals surface area contributed by atoms with Crippen LogP contribution in [0, 0.1) is 5.41 Å². The Morgan fingerprint density at radius 1 is 1.29 bits per heavy atom.